The minimum absolute atomic E-state index is 0.130. The Balaban J connectivity index is 2.44. The topological polar surface area (TPSA) is 75.0 Å². The molecule has 0 aliphatic heterocycles. The molecule has 1 aromatic carbocycles. The average Bonchev–Trinajstić information content (AvgIpc) is 2.30. The summed E-state index contributed by atoms with van der Waals surface area (Å²) in [5.41, 5.74) is -0.521. The first-order valence-electron chi connectivity index (χ1n) is 5.76. The van der Waals surface area contributed by atoms with E-state index in [1.165, 1.54) is 18.2 Å². The molecule has 0 bridgehead atoms. The van der Waals surface area contributed by atoms with Crippen LogP contribution in [0.1, 0.15) is 13.8 Å². The molecule has 1 aromatic heterocycles. The first kappa shape index (κ1) is 13.1. The molecule has 5 nitrogen and oxygen atoms in total. The second-order valence-corrected chi connectivity index (χ2v) is 4.31. The Morgan fingerprint density at radius 3 is 2.47 bits per heavy atom. The van der Waals surface area contributed by atoms with Crippen molar-refractivity contribution in [3.8, 4) is 17.0 Å². The standard InChI is InChI=1S/C13H13FN2O3/c1-7(2)19-11-4-3-8(5-9(11)14)10-6-12(17)16-13(18)15-10/h3-7H,1-2H3,(H2,15,16,17,18). The predicted octanol–water partition coefficient (Wildman–Crippen LogP) is 1.66. The van der Waals surface area contributed by atoms with E-state index in [1.54, 1.807) is 19.9 Å². The van der Waals surface area contributed by atoms with Crippen LogP contribution in [0.25, 0.3) is 11.3 Å². The SMILES string of the molecule is CC(C)Oc1ccc(-c2cc(=O)[nH]c(=O)[nH]2)cc1F. The number of rotatable bonds is 3. The summed E-state index contributed by atoms with van der Waals surface area (Å²) in [6.07, 6.45) is -0.139. The fourth-order valence-electron chi connectivity index (χ4n) is 1.64. The zero-order chi connectivity index (χ0) is 14.0. The Bertz CT molecular complexity index is 675. The van der Waals surface area contributed by atoms with Gasteiger partial charge in [-0.15, -0.1) is 0 Å². The van der Waals surface area contributed by atoms with E-state index in [0.717, 1.165) is 0 Å². The van der Waals surface area contributed by atoms with E-state index in [2.05, 4.69) is 4.98 Å². The van der Waals surface area contributed by atoms with Gasteiger partial charge in [0, 0.05) is 11.6 Å². The van der Waals surface area contributed by atoms with Gasteiger partial charge in [0.15, 0.2) is 11.6 Å². The van der Waals surface area contributed by atoms with Crippen LogP contribution in [0, 0.1) is 5.82 Å². The molecule has 0 amide bonds. The van der Waals surface area contributed by atoms with Crippen LogP contribution in [0.15, 0.2) is 33.9 Å². The maximum atomic E-state index is 13.8. The molecule has 0 aliphatic rings. The first-order valence-corrected chi connectivity index (χ1v) is 5.76. The number of nitrogens with one attached hydrogen (secondary N) is 2. The molecule has 100 valence electrons. The van der Waals surface area contributed by atoms with Crippen LogP contribution in [0.5, 0.6) is 5.75 Å². The van der Waals surface area contributed by atoms with Gasteiger partial charge in [0.1, 0.15) is 0 Å². The minimum atomic E-state index is -0.634. The van der Waals surface area contributed by atoms with E-state index in [9.17, 15) is 14.0 Å². The van der Waals surface area contributed by atoms with E-state index in [0.29, 0.717) is 5.56 Å². The molecule has 6 heteroatoms. The van der Waals surface area contributed by atoms with Crippen LogP contribution in [-0.2, 0) is 0 Å². The van der Waals surface area contributed by atoms with Crippen molar-refractivity contribution in [3.05, 3.63) is 50.9 Å². The second kappa shape index (κ2) is 5.09. The monoisotopic (exact) mass is 264 g/mol. The third-order valence-corrected chi connectivity index (χ3v) is 2.37. The van der Waals surface area contributed by atoms with Gasteiger partial charge in [-0.05, 0) is 32.0 Å². The lowest BCUT2D eigenvalue weighted by molar-refractivity contribution is 0.231. The average molecular weight is 264 g/mol. The van der Waals surface area contributed by atoms with Gasteiger partial charge < -0.3 is 9.72 Å². The quantitative estimate of drug-likeness (QED) is 0.885. The van der Waals surface area contributed by atoms with Crippen LogP contribution in [0.3, 0.4) is 0 Å². The molecule has 19 heavy (non-hydrogen) atoms. The van der Waals surface area contributed by atoms with E-state index in [-0.39, 0.29) is 17.5 Å². The highest BCUT2D eigenvalue weighted by Gasteiger charge is 2.08. The molecule has 0 unspecified atom stereocenters. The van der Waals surface area contributed by atoms with Gasteiger partial charge >= 0.3 is 5.69 Å². The molecule has 0 saturated carbocycles. The lowest BCUT2D eigenvalue weighted by Gasteiger charge is -2.11. The molecule has 2 N–H and O–H groups in total. The van der Waals surface area contributed by atoms with Crippen LogP contribution in [0.2, 0.25) is 0 Å². The second-order valence-electron chi connectivity index (χ2n) is 4.31. The zero-order valence-electron chi connectivity index (χ0n) is 10.5. The van der Waals surface area contributed by atoms with Gasteiger partial charge in [0.2, 0.25) is 0 Å². The molecule has 0 fully saturated rings. The maximum Gasteiger partial charge on any atom is 0.326 e. The van der Waals surface area contributed by atoms with Gasteiger partial charge in [-0.1, -0.05) is 0 Å². The van der Waals surface area contributed by atoms with Crippen molar-refractivity contribution in [2.45, 2.75) is 20.0 Å². The molecule has 2 rings (SSSR count). The van der Waals surface area contributed by atoms with Gasteiger partial charge in [-0.3, -0.25) is 9.78 Å². The number of H-pyrrole nitrogens is 2. The van der Waals surface area contributed by atoms with E-state index >= 15 is 0 Å². The van der Waals surface area contributed by atoms with Gasteiger partial charge in [0.05, 0.1) is 11.8 Å². The first-order chi connectivity index (χ1) is 8.95. The molecular weight excluding hydrogens is 251 g/mol. The summed E-state index contributed by atoms with van der Waals surface area (Å²) in [6.45, 7) is 3.59. The van der Waals surface area contributed by atoms with Crippen molar-refractivity contribution < 1.29 is 9.13 Å². The van der Waals surface area contributed by atoms with E-state index in [4.69, 9.17) is 4.74 Å². The van der Waals surface area contributed by atoms with Crippen LogP contribution >= 0.6 is 0 Å². The molecule has 0 radical (unpaired) electrons. The number of hydrogen-bond donors (Lipinski definition) is 2. The third kappa shape index (κ3) is 3.09. The fraction of sp³-hybridized carbons (Fsp3) is 0.231. The van der Waals surface area contributed by atoms with Gasteiger partial charge in [0.25, 0.3) is 5.56 Å². The molecule has 0 spiro atoms. The summed E-state index contributed by atoms with van der Waals surface area (Å²) in [6, 6.07) is 5.44. The number of ether oxygens (including phenoxy) is 1. The molecule has 0 saturated heterocycles. The summed E-state index contributed by atoms with van der Waals surface area (Å²) in [7, 11) is 0. The largest absolute Gasteiger partial charge is 0.488 e. The maximum absolute atomic E-state index is 13.8. The highest BCUT2D eigenvalue weighted by atomic mass is 19.1. The summed E-state index contributed by atoms with van der Waals surface area (Å²) in [5.74, 6) is -0.418. The van der Waals surface area contributed by atoms with Gasteiger partial charge in [-0.25, -0.2) is 9.18 Å². The zero-order valence-corrected chi connectivity index (χ0v) is 10.5. The Morgan fingerprint density at radius 2 is 1.89 bits per heavy atom. The molecular formula is C13H13FN2O3. The van der Waals surface area contributed by atoms with Crippen molar-refractivity contribution in [2.24, 2.45) is 0 Å². The lowest BCUT2D eigenvalue weighted by Crippen LogP contribution is -2.21. The van der Waals surface area contributed by atoms with Crippen molar-refractivity contribution in [1.29, 1.82) is 0 Å². The summed E-state index contributed by atoms with van der Waals surface area (Å²) < 4.78 is 19.1. The highest BCUT2D eigenvalue weighted by Crippen LogP contribution is 2.24. The van der Waals surface area contributed by atoms with Crippen molar-refractivity contribution in [2.75, 3.05) is 0 Å². The van der Waals surface area contributed by atoms with Gasteiger partial charge in [-0.2, -0.15) is 0 Å². The highest BCUT2D eigenvalue weighted by molar-refractivity contribution is 5.59. The number of aromatic nitrogens is 2. The van der Waals surface area contributed by atoms with Crippen molar-refractivity contribution >= 4 is 0 Å². The molecule has 2 aromatic rings. The molecule has 1 heterocycles. The Labute approximate surface area is 108 Å². The van der Waals surface area contributed by atoms with Crippen LogP contribution in [-0.4, -0.2) is 16.1 Å². The van der Waals surface area contributed by atoms with Crippen LogP contribution < -0.4 is 16.0 Å². The van der Waals surface area contributed by atoms with Crippen molar-refractivity contribution in [1.82, 2.24) is 9.97 Å². The summed E-state index contributed by atoms with van der Waals surface area (Å²) in [4.78, 5) is 26.8. The van der Waals surface area contributed by atoms with Crippen LogP contribution in [0.4, 0.5) is 4.39 Å². The van der Waals surface area contributed by atoms with E-state index < -0.39 is 17.1 Å². The Hall–Kier alpha value is -2.37. The lowest BCUT2D eigenvalue weighted by atomic mass is 10.1. The number of benzene rings is 1. The fourth-order valence-corrected chi connectivity index (χ4v) is 1.64. The number of hydrogen-bond acceptors (Lipinski definition) is 3. The van der Waals surface area contributed by atoms with Crippen molar-refractivity contribution in [3.63, 3.8) is 0 Å². The third-order valence-electron chi connectivity index (χ3n) is 2.37. The molecule has 0 aliphatic carbocycles. The Morgan fingerprint density at radius 1 is 1.16 bits per heavy atom. The summed E-state index contributed by atoms with van der Waals surface area (Å²) in [5, 5.41) is 0. The minimum Gasteiger partial charge on any atom is -0.488 e. The molecule has 0 atom stereocenters. The summed E-state index contributed by atoms with van der Waals surface area (Å²) >= 11 is 0. The number of aromatic amines is 2. The normalized spacial score (nSPS) is 10.7. The Kier molecular flexibility index (Phi) is 3.50. The van der Waals surface area contributed by atoms with E-state index in [1.807, 2.05) is 4.98 Å². The smallest absolute Gasteiger partial charge is 0.326 e. The predicted molar refractivity (Wildman–Crippen MR) is 68.8 cm³/mol. The number of halogens is 1.